The van der Waals surface area contributed by atoms with Crippen molar-refractivity contribution >= 4 is 0 Å². The summed E-state index contributed by atoms with van der Waals surface area (Å²) in [6, 6.07) is 0. The highest BCUT2D eigenvalue weighted by Crippen LogP contribution is 2.65. The fraction of sp³-hybridized carbons (Fsp3) is 0.909. The van der Waals surface area contributed by atoms with Crippen LogP contribution in [0.4, 0.5) is 8.78 Å². The topological polar surface area (TPSA) is 40.5 Å². The third kappa shape index (κ3) is 2.78. The van der Waals surface area contributed by atoms with E-state index in [2.05, 4.69) is 13.0 Å². The summed E-state index contributed by atoms with van der Waals surface area (Å²) in [7, 11) is 0. The van der Waals surface area contributed by atoms with Gasteiger partial charge in [0.15, 0.2) is 0 Å². The van der Waals surface area contributed by atoms with E-state index in [4.69, 9.17) is 5.11 Å². The molecule has 0 bridgehead atoms. The first kappa shape index (κ1) is 18.9. The first-order valence-corrected chi connectivity index (χ1v) is 10.6. The third-order valence-electron chi connectivity index (χ3n) is 8.97. The van der Waals surface area contributed by atoms with E-state index in [1.54, 1.807) is 6.92 Å². The molecule has 26 heavy (non-hydrogen) atoms. The molecule has 148 valence electrons. The second kappa shape index (κ2) is 6.55. The summed E-state index contributed by atoms with van der Waals surface area (Å²) in [5.41, 5.74) is 1.46. The quantitative estimate of drug-likeness (QED) is 0.703. The molecule has 2 N–H and O–H groups in total. The van der Waals surface area contributed by atoms with Gasteiger partial charge in [-0.25, -0.2) is 8.78 Å². The van der Waals surface area contributed by atoms with E-state index in [9.17, 15) is 13.9 Å². The van der Waals surface area contributed by atoms with Crippen LogP contribution in [-0.2, 0) is 0 Å². The molecule has 4 aliphatic rings. The van der Waals surface area contributed by atoms with Gasteiger partial charge in [-0.3, -0.25) is 0 Å². The Morgan fingerprint density at radius 1 is 1.19 bits per heavy atom. The van der Waals surface area contributed by atoms with Crippen molar-refractivity contribution in [2.75, 3.05) is 6.61 Å². The molecule has 0 aliphatic heterocycles. The van der Waals surface area contributed by atoms with Crippen LogP contribution in [0.5, 0.6) is 0 Å². The Balaban J connectivity index is 1.57. The van der Waals surface area contributed by atoms with Crippen molar-refractivity contribution in [1.29, 1.82) is 0 Å². The molecule has 0 radical (unpaired) electrons. The molecule has 0 aromatic carbocycles. The van der Waals surface area contributed by atoms with Gasteiger partial charge in [0.1, 0.15) is 6.61 Å². The van der Waals surface area contributed by atoms with Crippen LogP contribution in [0, 0.1) is 40.9 Å². The van der Waals surface area contributed by atoms with E-state index in [1.807, 2.05) is 0 Å². The summed E-state index contributed by atoms with van der Waals surface area (Å²) in [6.07, 6.45) is 10.3. The molecule has 8 atom stereocenters. The van der Waals surface area contributed by atoms with Crippen LogP contribution in [0.2, 0.25) is 0 Å². The Morgan fingerprint density at radius 2 is 1.96 bits per heavy atom. The van der Waals surface area contributed by atoms with Gasteiger partial charge in [0.2, 0.25) is 0 Å². The summed E-state index contributed by atoms with van der Waals surface area (Å²) in [5.74, 6) is -1.25. The average Bonchev–Trinajstić information content (AvgIpc) is 2.97. The standard InChI is InChI=1S/C22H34F2O2/c1-13(22(23,24)12-25)19-7-8-20-18-5-3-14-11-15(26)4-6-16(14)17(18)9-10-21(19,20)2/h3,13,15-20,25-26H,4-12H2,1-2H3/t13?,15-,16?,17?,18?,19+,20?,21+/m0/s1. The van der Waals surface area contributed by atoms with Gasteiger partial charge in [0, 0.05) is 5.92 Å². The first-order valence-electron chi connectivity index (χ1n) is 10.6. The second-order valence-corrected chi connectivity index (χ2v) is 9.93. The fourth-order valence-electron chi connectivity index (χ4n) is 7.55. The van der Waals surface area contributed by atoms with Crippen molar-refractivity contribution < 1.29 is 19.0 Å². The molecule has 3 fully saturated rings. The van der Waals surface area contributed by atoms with Gasteiger partial charge in [-0.05, 0) is 86.4 Å². The zero-order chi connectivity index (χ0) is 18.7. The van der Waals surface area contributed by atoms with E-state index in [-0.39, 0.29) is 17.4 Å². The zero-order valence-electron chi connectivity index (χ0n) is 16.1. The van der Waals surface area contributed by atoms with Crippen LogP contribution in [0.25, 0.3) is 0 Å². The highest BCUT2D eigenvalue weighted by molar-refractivity contribution is 5.20. The van der Waals surface area contributed by atoms with Crippen LogP contribution in [-0.4, -0.2) is 28.8 Å². The van der Waals surface area contributed by atoms with Crippen molar-refractivity contribution in [3.8, 4) is 0 Å². The summed E-state index contributed by atoms with van der Waals surface area (Å²) < 4.78 is 28.5. The number of aliphatic hydroxyl groups excluding tert-OH is 2. The van der Waals surface area contributed by atoms with Crippen LogP contribution in [0.1, 0.15) is 65.2 Å². The minimum absolute atomic E-state index is 0.00848. The summed E-state index contributed by atoms with van der Waals surface area (Å²) >= 11 is 0. The number of alkyl halides is 2. The van der Waals surface area contributed by atoms with Crippen LogP contribution in [0.3, 0.4) is 0 Å². The molecule has 3 saturated carbocycles. The van der Waals surface area contributed by atoms with E-state index >= 15 is 0 Å². The summed E-state index contributed by atoms with van der Waals surface area (Å²) in [5, 5.41) is 19.2. The largest absolute Gasteiger partial charge is 0.393 e. The smallest absolute Gasteiger partial charge is 0.273 e. The lowest BCUT2D eigenvalue weighted by Crippen LogP contribution is -2.49. The summed E-state index contributed by atoms with van der Waals surface area (Å²) in [6.45, 7) is 2.88. The number of hydrogen-bond donors (Lipinski definition) is 2. The Hall–Kier alpha value is -0.480. The average molecular weight is 369 g/mol. The number of rotatable bonds is 3. The minimum Gasteiger partial charge on any atom is -0.393 e. The van der Waals surface area contributed by atoms with Crippen molar-refractivity contribution in [3.05, 3.63) is 11.6 Å². The minimum atomic E-state index is -2.97. The van der Waals surface area contributed by atoms with E-state index in [1.165, 1.54) is 5.57 Å². The van der Waals surface area contributed by atoms with Crippen molar-refractivity contribution in [2.45, 2.75) is 77.2 Å². The molecule has 2 nitrogen and oxygen atoms in total. The molecule has 5 unspecified atom stereocenters. The molecule has 4 heteroatoms. The number of halogens is 2. The molecule has 4 aliphatic carbocycles. The van der Waals surface area contributed by atoms with Crippen molar-refractivity contribution in [1.82, 2.24) is 0 Å². The Kier molecular flexibility index (Phi) is 4.75. The monoisotopic (exact) mass is 368 g/mol. The zero-order valence-corrected chi connectivity index (χ0v) is 16.1. The third-order valence-corrected chi connectivity index (χ3v) is 8.97. The number of hydrogen-bond acceptors (Lipinski definition) is 2. The lowest BCUT2D eigenvalue weighted by molar-refractivity contribution is -0.133. The fourth-order valence-corrected chi connectivity index (χ4v) is 7.55. The van der Waals surface area contributed by atoms with Gasteiger partial charge in [0.05, 0.1) is 6.10 Å². The lowest BCUT2D eigenvalue weighted by atomic mass is 9.51. The maximum Gasteiger partial charge on any atom is 0.273 e. The maximum atomic E-state index is 14.2. The maximum absolute atomic E-state index is 14.2. The number of fused-ring (bicyclic) bond motifs is 5. The molecular formula is C22H34F2O2. The first-order chi connectivity index (χ1) is 12.3. The van der Waals surface area contributed by atoms with Gasteiger partial charge >= 0.3 is 0 Å². The van der Waals surface area contributed by atoms with Gasteiger partial charge in [-0.1, -0.05) is 25.5 Å². The van der Waals surface area contributed by atoms with E-state index in [0.29, 0.717) is 23.7 Å². The number of allylic oxidation sites excluding steroid dienone is 1. The predicted octanol–water partition coefficient (Wildman–Crippen LogP) is 4.80. The Morgan fingerprint density at radius 3 is 2.69 bits per heavy atom. The molecule has 0 aromatic heterocycles. The summed E-state index contributed by atoms with van der Waals surface area (Å²) in [4.78, 5) is 0. The highest BCUT2D eigenvalue weighted by Gasteiger charge is 2.59. The predicted molar refractivity (Wildman–Crippen MR) is 97.8 cm³/mol. The van der Waals surface area contributed by atoms with Gasteiger partial charge in [0.25, 0.3) is 5.92 Å². The van der Waals surface area contributed by atoms with Gasteiger partial charge in [-0.2, -0.15) is 0 Å². The van der Waals surface area contributed by atoms with Gasteiger partial charge in [-0.15, -0.1) is 0 Å². The molecular weight excluding hydrogens is 334 g/mol. The molecule has 0 heterocycles. The Bertz CT molecular complexity index is 574. The molecule has 0 aromatic rings. The lowest BCUT2D eigenvalue weighted by Gasteiger charge is -2.54. The normalized spacial score (nSPS) is 46.8. The SMILES string of the molecule is CC([C@H]1CCC2C3CC=C4C[C@@H](O)CCC4C3CC[C@@]21C)C(F)(F)CO. The van der Waals surface area contributed by atoms with Gasteiger partial charge < -0.3 is 10.2 Å². The van der Waals surface area contributed by atoms with E-state index in [0.717, 1.165) is 51.4 Å². The molecule has 0 saturated heterocycles. The molecule has 4 rings (SSSR count). The molecule has 0 spiro atoms. The second-order valence-electron chi connectivity index (χ2n) is 9.93. The van der Waals surface area contributed by atoms with Crippen molar-refractivity contribution in [2.24, 2.45) is 40.9 Å². The van der Waals surface area contributed by atoms with Crippen molar-refractivity contribution in [3.63, 3.8) is 0 Å². The van der Waals surface area contributed by atoms with Crippen LogP contribution >= 0.6 is 0 Å². The highest BCUT2D eigenvalue weighted by atomic mass is 19.3. The molecule has 0 amide bonds. The van der Waals surface area contributed by atoms with E-state index < -0.39 is 18.4 Å². The Labute approximate surface area is 156 Å². The van der Waals surface area contributed by atoms with Crippen LogP contribution < -0.4 is 0 Å². The van der Waals surface area contributed by atoms with Crippen LogP contribution in [0.15, 0.2) is 11.6 Å². The number of aliphatic hydroxyl groups is 2.